The van der Waals surface area contributed by atoms with Gasteiger partial charge in [-0.05, 0) is 55.7 Å². The standard InChI is InChI=1S/C25H32Cl3N3O4S/c1-4-5-13-29-25(33)18(2)30(17-19-11-12-22(27)23(28)15-19)24(32)10-7-14-31(36(3,34)35)21-9-6-8-20(26)16-21/h6,8-9,11-12,15-16,18H,4-5,7,10,13-14,17H2,1-3H3,(H,29,33)/t18-/m0/s1. The number of hydrogen-bond acceptors (Lipinski definition) is 4. The van der Waals surface area contributed by atoms with Crippen LogP contribution in [0.1, 0.15) is 45.1 Å². The maximum absolute atomic E-state index is 13.3. The third-order valence-electron chi connectivity index (χ3n) is 5.58. The zero-order valence-corrected chi connectivity index (χ0v) is 23.7. The largest absolute Gasteiger partial charge is 0.354 e. The van der Waals surface area contributed by atoms with Gasteiger partial charge < -0.3 is 10.2 Å². The van der Waals surface area contributed by atoms with E-state index in [2.05, 4.69) is 5.32 Å². The lowest BCUT2D eigenvalue weighted by atomic mass is 10.1. The molecule has 11 heteroatoms. The zero-order valence-electron chi connectivity index (χ0n) is 20.6. The molecule has 0 unspecified atom stereocenters. The van der Waals surface area contributed by atoms with Crippen molar-refractivity contribution in [3.63, 3.8) is 0 Å². The number of anilines is 1. The molecule has 2 aromatic rings. The summed E-state index contributed by atoms with van der Waals surface area (Å²) >= 11 is 18.2. The number of benzene rings is 2. The molecular formula is C25H32Cl3N3O4S. The Kier molecular flexibility index (Phi) is 11.8. The van der Waals surface area contributed by atoms with Crippen LogP contribution < -0.4 is 9.62 Å². The van der Waals surface area contributed by atoms with E-state index < -0.39 is 16.1 Å². The summed E-state index contributed by atoms with van der Waals surface area (Å²) in [5.74, 6) is -0.535. The lowest BCUT2D eigenvalue weighted by Crippen LogP contribution is -2.48. The Morgan fingerprint density at radius 2 is 1.75 bits per heavy atom. The molecule has 0 saturated heterocycles. The molecule has 0 aliphatic rings. The number of rotatable bonds is 13. The number of nitrogens with one attached hydrogen (secondary N) is 1. The molecular weight excluding hydrogens is 545 g/mol. The summed E-state index contributed by atoms with van der Waals surface area (Å²) in [5.41, 5.74) is 1.15. The Balaban J connectivity index is 2.17. The minimum Gasteiger partial charge on any atom is -0.354 e. The monoisotopic (exact) mass is 575 g/mol. The average Bonchev–Trinajstić information content (AvgIpc) is 2.81. The van der Waals surface area contributed by atoms with E-state index in [9.17, 15) is 18.0 Å². The van der Waals surface area contributed by atoms with Crippen LogP contribution >= 0.6 is 34.8 Å². The Hall–Kier alpha value is -2.00. The molecule has 0 aliphatic carbocycles. The first-order chi connectivity index (χ1) is 16.9. The molecule has 2 amide bonds. The molecule has 1 N–H and O–H groups in total. The third-order valence-corrected chi connectivity index (χ3v) is 7.75. The summed E-state index contributed by atoms with van der Waals surface area (Å²) in [5, 5.41) is 4.02. The van der Waals surface area contributed by atoms with Gasteiger partial charge in [0.25, 0.3) is 0 Å². The van der Waals surface area contributed by atoms with Crippen molar-refractivity contribution < 1.29 is 18.0 Å². The van der Waals surface area contributed by atoms with E-state index in [4.69, 9.17) is 34.8 Å². The molecule has 0 radical (unpaired) electrons. The SMILES string of the molecule is CCCCNC(=O)[C@H](C)N(Cc1ccc(Cl)c(Cl)c1)C(=O)CCCN(c1cccc(Cl)c1)S(C)(=O)=O. The van der Waals surface area contributed by atoms with E-state index >= 15 is 0 Å². The number of sulfonamides is 1. The lowest BCUT2D eigenvalue weighted by Gasteiger charge is -2.29. The Morgan fingerprint density at radius 3 is 2.36 bits per heavy atom. The fourth-order valence-electron chi connectivity index (χ4n) is 3.59. The molecule has 2 rings (SSSR count). The summed E-state index contributed by atoms with van der Waals surface area (Å²) in [6, 6.07) is 10.8. The number of amides is 2. The van der Waals surface area contributed by atoms with Crippen molar-refractivity contribution >= 4 is 62.3 Å². The smallest absolute Gasteiger partial charge is 0.242 e. The van der Waals surface area contributed by atoms with Gasteiger partial charge in [-0.2, -0.15) is 0 Å². The van der Waals surface area contributed by atoms with Crippen molar-refractivity contribution in [3.05, 3.63) is 63.1 Å². The van der Waals surface area contributed by atoms with Crippen molar-refractivity contribution in [2.24, 2.45) is 0 Å². The second-order valence-electron chi connectivity index (χ2n) is 8.51. The van der Waals surface area contributed by atoms with Crippen LogP contribution in [0, 0.1) is 0 Å². The highest BCUT2D eigenvalue weighted by Gasteiger charge is 2.26. The first-order valence-electron chi connectivity index (χ1n) is 11.7. The van der Waals surface area contributed by atoms with Crippen LogP contribution in [0.25, 0.3) is 0 Å². The van der Waals surface area contributed by atoms with Crippen LogP contribution in [-0.2, 0) is 26.2 Å². The second-order valence-corrected chi connectivity index (χ2v) is 11.7. The third kappa shape index (κ3) is 9.14. The Labute approximate surface area is 228 Å². The molecule has 0 spiro atoms. The quantitative estimate of drug-likeness (QED) is 0.318. The van der Waals surface area contributed by atoms with Gasteiger partial charge in [0.15, 0.2) is 0 Å². The number of unbranched alkanes of at least 4 members (excludes halogenated alkanes) is 1. The van der Waals surface area contributed by atoms with Gasteiger partial charge in [-0.15, -0.1) is 0 Å². The molecule has 0 fully saturated rings. The van der Waals surface area contributed by atoms with E-state index in [1.165, 1.54) is 9.21 Å². The van der Waals surface area contributed by atoms with E-state index in [0.717, 1.165) is 24.7 Å². The van der Waals surface area contributed by atoms with Crippen LogP contribution in [0.2, 0.25) is 15.1 Å². The normalized spacial score (nSPS) is 12.2. The van der Waals surface area contributed by atoms with Gasteiger partial charge in [-0.3, -0.25) is 13.9 Å². The number of carbonyl (C=O) groups is 2. The van der Waals surface area contributed by atoms with Crippen LogP contribution in [0.3, 0.4) is 0 Å². The van der Waals surface area contributed by atoms with Crippen LogP contribution in [0.4, 0.5) is 5.69 Å². The van der Waals surface area contributed by atoms with E-state index in [1.807, 2.05) is 6.92 Å². The molecule has 0 aliphatic heterocycles. The lowest BCUT2D eigenvalue weighted by molar-refractivity contribution is -0.140. The van der Waals surface area contributed by atoms with Gasteiger partial charge in [0.1, 0.15) is 6.04 Å². The molecule has 1 atom stereocenters. The fourth-order valence-corrected chi connectivity index (χ4v) is 5.05. The summed E-state index contributed by atoms with van der Waals surface area (Å²) in [6.07, 6.45) is 3.17. The molecule has 7 nitrogen and oxygen atoms in total. The van der Waals surface area contributed by atoms with Crippen molar-refractivity contribution in [2.75, 3.05) is 23.7 Å². The summed E-state index contributed by atoms with van der Waals surface area (Å²) in [4.78, 5) is 27.5. The first kappa shape index (κ1) is 30.2. The summed E-state index contributed by atoms with van der Waals surface area (Å²) in [7, 11) is -3.59. The van der Waals surface area contributed by atoms with Gasteiger partial charge in [0.05, 0.1) is 22.0 Å². The van der Waals surface area contributed by atoms with Gasteiger partial charge in [-0.25, -0.2) is 8.42 Å². The first-order valence-corrected chi connectivity index (χ1v) is 14.7. The highest BCUT2D eigenvalue weighted by molar-refractivity contribution is 7.92. The van der Waals surface area contributed by atoms with Gasteiger partial charge >= 0.3 is 0 Å². The maximum Gasteiger partial charge on any atom is 0.242 e. The highest BCUT2D eigenvalue weighted by atomic mass is 35.5. The van der Waals surface area contributed by atoms with Crippen LogP contribution in [0.15, 0.2) is 42.5 Å². The van der Waals surface area contributed by atoms with E-state index in [1.54, 1.807) is 49.4 Å². The van der Waals surface area contributed by atoms with Crippen LogP contribution in [-0.4, -0.2) is 50.5 Å². The molecule has 0 bridgehead atoms. The van der Waals surface area contributed by atoms with E-state index in [0.29, 0.717) is 27.3 Å². The van der Waals surface area contributed by atoms with Gasteiger partial charge in [0.2, 0.25) is 21.8 Å². The van der Waals surface area contributed by atoms with Crippen molar-refractivity contribution in [1.29, 1.82) is 0 Å². The second kappa shape index (κ2) is 14.1. The fraction of sp³-hybridized carbons (Fsp3) is 0.440. The summed E-state index contributed by atoms with van der Waals surface area (Å²) < 4.78 is 26.0. The minimum atomic E-state index is -3.59. The van der Waals surface area contributed by atoms with Crippen LogP contribution in [0.5, 0.6) is 0 Å². The summed E-state index contributed by atoms with van der Waals surface area (Å²) in [6.45, 7) is 4.46. The van der Waals surface area contributed by atoms with E-state index in [-0.39, 0.29) is 37.7 Å². The zero-order chi connectivity index (χ0) is 26.9. The molecule has 0 aromatic heterocycles. The number of nitrogens with zero attached hydrogens (tertiary/aromatic N) is 2. The van der Waals surface area contributed by atoms with Crippen molar-refractivity contribution in [1.82, 2.24) is 10.2 Å². The Morgan fingerprint density at radius 1 is 1.03 bits per heavy atom. The molecule has 36 heavy (non-hydrogen) atoms. The van der Waals surface area contributed by atoms with Gasteiger partial charge in [0, 0.05) is 31.1 Å². The van der Waals surface area contributed by atoms with Gasteiger partial charge in [-0.1, -0.05) is 60.3 Å². The minimum absolute atomic E-state index is 0.0422. The highest BCUT2D eigenvalue weighted by Crippen LogP contribution is 2.25. The molecule has 0 saturated carbocycles. The number of halogens is 3. The predicted octanol–water partition coefficient (Wildman–Crippen LogP) is 5.53. The molecule has 2 aromatic carbocycles. The maximum atomic E-state index is 13.3. The number of hydrogen-bond donors (Lipinski definition) is 1. The molecule has 0 heterocycles. The predicted molar refractivity (Wildman–Crippen MR) is 147 cm³/mol. The van der Waals surface area contributed by atoms with Crippen molar-refractivity contribution in [2.45, 2.75) is 52.1 Å². The topological polar surface area (TPSA) is 86.8 Å². The van der Waals surface area contributed by atoms with Crippen molar-refractivity contribution in [3.8, 4) is 0 Å². The Bertz CT molecular complexity index is 1160. The average molecular weight is 577 g/mol. The molecule has 198 valence electrons. The number of carbonyl (C=O) groups excluding carboxylic acids is 2.